The lowest BCUT2D eigenvalue weighted by Crippen LogP contribution is -2.44. The van der Waals surface area contributed by atoms with Gasteiger partial charge in [-0.15, -0.1) is 0 Å². The summed E-state index contributed by atoms with van der Waals surface area (Å²) in [7, 11) is 1.16. The Morgan fingerprint density at radius 1 is 1.32 bits per heavy atom. The lowest BCUT2D eigenvalue weighted by atomic mass is 10.0. The van der Waals surface area contributed by atoms with E-state index in [1.54, 1.807) is 25.7 Å². The number of amides is 1. The smallest absolute Gasteiger partial charge is 0.407 e. The van der Waals surface area contributed by atoms with Crippen molar-refractivity contribution in [1.29, 1.82) is 0 Å². The summed E-state index contributed by atoms with van der Waals surface area (Å²) in [5.74, 6) is -4.04. The number of carboxylic acid groups (broad SMARTS) is 1. The highest BCUT2D eigenvalue weighted by molar-refractivity contribution is 5.90. The molecule has 1 aromatic carbocycles. The van der Waals surface area contributed by atoms with Crippen LogP contribution in [0, 0.1) is 17.0 Å². The van der Waals surface area contributed by atoms with E-state index < -0.39 is 40.6 Å². The van der Waals surface area contributed by atoms with Crippen molar-refractivity contribution in [3.05, 3.63) is 23.3 Å². The standard InChI is InChI=1S/C19H24F2N2O5/c1-18(2,3)28-17(26)22-12-8-23(9-19(12)5-6-19)14-11(20)7-10(16(24)25)13(21)15(14)27-4/h7,12H,5-6,8-9H2,1-4H3,(H,22,26)(H,24,25)/t12-/m1/s1. The summed E-state index contributed by atoms with van der Waals surface area (Å²) in [6.45, 7) is 5.90. The molecule has 1 saturated carbocycles. The molecule has 0 aromatic heterocycles. The fourth-order valence-corrected chi connectivity index (χ4v) is 3.68. The first-order valence-electron chi connectivity index (χ1n) is 9.01. The molecular weight excluding hydrogens is 374 g/mol. The van der Waals surface area contributed by atoms with E-state index in [4.69, 9.17) is 14.6 Å². The summed E-state index contributed by atoms with van der Waals surface area (Å²) in [6.07, 6.45) is 1.11. The number of carbonyl (C=O) groups excluding carboxylic acids is 1. The molecule has 1 heterocycles. The molecule has 2 N–H and O–H groups in total. The number of halogens is 2. The van der Waals surface area contributed by atoms with Gasteiger partial charge in [0.25, 0.3) is 0 Å². The van der Waals surface area contributed by atoms with Gasteiger partial charge in [0, 0.05) is 18.5 Å². The summed E-state index contributed by atoms with van der Waals surface area (Å²) in [6, 6.07) is 0.359. The first-order chi connectivity index (χ1) is 13.0. The van der Waals surface area contributed by atoms with Crippen molar-refractivity contribution in [2.24, 2.45) is 5.41 Å². The molecule has 0 radical (unpaired) electrons. The maximum absolute atomic E-state index is 14.7. The first kappa shape index (κ1) is 20.2. The SMILES string of the molecule is COc1c(F)c(C(=O)O)cc(F)c1N1C[C@@H](NC(=O)OC(C)(C)C)C2(CC2)C1. The van der Waals surface area contributed by atoms with Gasteiger partial charge in [0.15, 0.2) is 17.4 Å². The highest BCUT2D eigenvalue weighted by Crippen LogP contribution is 2.54. The van der Waals surface area contributed by atoms with Gasteiger partial charge in [0.2, 0.25) is 0 Å². The number of hydrogen-bond acceptors (Lipinski definition) is 5. The van der Waals surface area contributed by atoms with Crippen LogP contribution in [0.15, 0.2) is 6.07 Å². The number of carbonyl (C=O) groups is 2. The molecule has 28 heavy (non-hydrogen) atoms. The lowest BCUT2D eigenvalue weighted by molar-refractivity contribution is 0.0493. The number of ether oxygens (including phenoxy) is 2. The molecule has 0 bridgehead atoms. The van der Waals surface area contributed by atoms with Crippen molar-refractivity contribution in [2.45, 2.75) is 45.3 Å². The number of benzene rings is 1. The van der Waals surface area contributed by atoms with Gasteiger partial charge in [-0.1, -0.05) is 0 Å². The van der Waals surface area contributed by atoms with Gasteiger partial charge in [-0.05, 0) is 39.7 Å². The van der Waals surface area contributed by atoms with Crippen LogP contribution in [-0.2, 0) is 4.74 Å². The molecule has 1 atom stereocenters. The number of hydrogen-bond donors (Lipinski definition) is 2. The largest absolute Gasteiger partial charge is 0.491 e. The Morgan fingerprint density at radius 2 is 1.96 bits per heavy atom. The monoisotopic (exact) mass is 398 g/mol. The Balaban J connectivity index is 1.87. The zero-order valence-electron chi connectivity index (χ0n) is 16.3. The topological polar surface area (TPSA) is 88.1 Å². The Kier molecular flexibility index (Phi) is 4.89. The summed E-state index contributed by atoms with van der Waals surface area (Å²) < 4.78 is 39.5. The van der Waals surface area contributed by atoms with Crippen LogP contribution in [-0.4, -0.2) is 49.0 Å². The van der Waals surface area contributed by atoms with Crippen LogP contribution in [0.3, 0.4) is 0 Å². The molecule has 0 unspecified atom stereocenters. The molecule has 3 rings (SSSR count). The maximum atomic E-state index is 14.7. The highest BCUT2D eigenvalue weighted by atomic mass is 19.1. The molecule has 154 valence electrons. The normalized spacial score (nSPS) is 20.2. The number of methoxy groups -OCH3 is 1. The third kappa shape index (κ3) is 3.70. The van der Waals surface area contributed by atoms with Gasteiger partial charge in [-0.25, -0.2) is 18.4 Å². The Hall–Kier alpha value is -2.58. The van der Waals surface area contributed by atoms with Gasteiger partial charge < -0.3 is 24.8 Å². The minimum Gasteiger partial charge on any atom is -0.491 e. The summed E-state index contributed by atoms with van der Waals surface area (Å²) in [4.78, 5) is 24.9. The van der Waals surface area contributed by atoms with E-state index >= 15 is 0 Å². The third-order valence-corrected chi connectivity index (χ3v) is 5.13. The third-order valence-electron chi connectivity index (χ3n) is 5.13. The Morgan fingerprint density at radius 3 is 2.46 bits per heavy atom. The number of nitrogens with one attached hydrogen (secondary N) is 1. The molecule has 1 aromatic rings. The number of aromatic carboxylic acids is 1. The van der Waals surface area contributed by atoms with Crippen LogP contribution in [0.5, 0.6) is 5.75 Å². The zero-order valence-corrected chi connectivity index (χ0v) is 16.3. The predicted molar refractivity (Wildman–Crippen MR) is 96.9 cm³/mol. The fourth-order valence-electron chi connectivity index (χ4n) is 3.68. The van der Waals surface area contributed by atoms with E-state index in [9.17, 15) is 18.4 Å². The maximum Gasteiger partial charge on any atom is 0.407 e. The van der Waals surface area contributed by atoms with E-state index in [1.807, 2.05) is 0 Å². The van der Waals surface area contributed by atoms with Crippen molar-refractivity contribution in [1.82, 2.24) is 5.32 Å². The minimum absolute atomic E-state index is 0.134. The van der Waals surface area contributed by atoms with Crippen molar-refractivity contribution < 1.29 is 33.0 Å². The molecular formula is C19H24F2N2O5. The zero-order chi connectivity index (χ0) is 20.9. The number of anilines is 1. The van der Waals surface area contributed by atoms with Gasteiger partial charge in [0.05, 0.1) is 13.2 Å². The van der Waals surface area contributed by atoms with Crippen LogP contribution in [0.4, 0.5) is 19.3 Å². The second kappa shape index (κ2) is 6.79. The van der Waals surface area contributed by atoms with Crippen molar-refractivity contribution >= 4 is 17.7 Å². The van der Waals surface area contributed by atoms with E-state index in [0.29, 0.717) is 12.6 Å². The average molecular weight is 398 g/mol. The van der Waals surface area contributed by atoms with E-state index in [0.717, 1.165) is 20.0 Å². The van der Waals surface area contributed by atoms with Crippen LogP contribution in [0.2, 0.25) is 0 Å². The lowest BCUT2D eigenvalue weighted by Gasteiger charge is -2.24. The van der Waals surface area contributed by atoms with Gasteiger partial charge in [-0.2, -0.15) is 0 Å². The summed E-state index contributed by atoms with van der Waals surface area (Å²) in [5.41, 5.74) is -1.81. The fraction of sp³-hybridized carbons (Fsp3) is 0.579. The number of carboxylic acids is 1. The van der Waals surface area contributed by atoms with E-state index in [2.05, 4.69) is 5.32 Å². The molecule has 2 aliphatic rings. The Labute approximate surface area is 161 Å². The molecule has 7 nitrogen and oxygen atoms in total. The molecule has 1 amide bonds. The Bertz CT molecular complexity index is 818. The molecule has 1 aliphatic carbocycles. The molecule has 1 aliphatic heterocycles. The first-order valence-corrected chi connectivity index (χ1v) is 9.01. The van der Waals surface area contributed by atoms with Gasteiger partial charge in [-0.3, -0.25) is 0 Å². The van der Waals surface area contributed by atoms with E-state index in [-0.39, 0.29) is 23.7 Å². The van der Waals surface area contributed by atoms with Crippen molar-refractivity contribution in [3.63, 3.8) is 0 Å². The quantitative estimate of drug-likeness (QED) is 0.810. The number of nitrogens with zero attached hydrogens (tertiary/aromatic N) is 1. The van der Waals surface area contributed by atoms with Crippen molar-refractivity contribution in [3.8, 4) is 5.75 Å². The van der Waals surface area contributed by atoms with E-state index in [1.165, 1.54) is 0 Å². The van der Waals surface area contributed by atoms with Crippen LogP contribution in [0.1, 0.15) is 44.0 Å². The molecule has 1 spiro atoms. The van der Waals surface area contributed by atoms with Gasteiger partial charge in [0.1, 0.15) is 16.9 Å². The summed E-state index contributed by atoms with van der Waals surface area (Å²) >= 11 is 0. The number of alkyl carbamates (subject to hydrolysis) is 1. The van der Waals surface area contributed by atoms with Crippen LogP contribution in [0.25, 0.3) is 0 Å². The second-order valence-electron chi connectivity index (χ2n) is 8.35. The minimum atomic E-state index is -1.58. The highest BCUT2D eigenvalue weighted by Gasteiger charge is 2.56. The van der Waals surface area contributed by atoms with Gasteiger partial charge >= 0.3 is 12.1 Å². The van der Waals surface area contributed by atoms with Crippen LogP contribution >= 0.6 is 0 Å². The van der Waals surface area contributed by atoms with Crippen molar-refractivity contribution in [2.75, 3.05) is 25.1 Å². The second-order valence-corrected chi connectivity index (χ2v) is 8.35. The summed E-state index contributed by atoms with van der Waals surface area (Å²) in [5, 5.41) is 11.9. The molecule has 2 fully saturated rings. The van der Waals surface area contributed by atoms with Crippen LogP contribution < -0.4 is 15.0 Å². The predicted octanol–water partition coefficient (Wildman–Crippen LogP) is 3.17. The molecule has 9 heteroatoms. The average Bonchev–Trinajstić information content (AvgIpc) is 3.25. The molecule has 1 saturated heterocycles. The number of rotatable bonds is 4.